The summed E-state index contributed by atoms with van der Waals surface area (Å²) in [5.41, 5.74) is 5.13. The van der Waals surface area contributed by atoms with E-state index in [2.05, 4.69) is 14.9 Å². The van der Waals surface area contributed by atoms with Gasteiger partial charge in [0, 0.05) is 43.3 Å². The van der Waals surface area contributed by atoms with Crippen LogP contribution in [0.2, 0.25) is 0 Å². The molecule has 3 aromatic carbocycles. The fraction of sp³-hybridized carbons (Fsp3) is 0.333. The van der Waals surface area contributed by atoms with Gasteiger partial charge in [-0.15, -0.1) is 0 Å². The number of hydrogen-bond donors (Lipinski definition) is 2. The van der Waals surface area contributed by atoms with E-state index in [-0.39, 0.29) is 23.9 Å². The zero-order valence-corrected chi connectivity index (χ0v) is 20.7. The summed E-state index contributed by atoms with van der Waals surface area (Å²) in [6, 6.07) is 20.6. The van der Waals surface area contributed by atoms with Gasteiger partial charge in [-0.3, -0.25) is 9.69 Å². The highest BCUT2D eigenvalue weighted by Gasteiger charge is 2.31. The number of likely N-dealkylation sites (tertiary alicyclic amines) is 2. The van der Waals surface area contributed by atoms with Crippen LogP contribution in [0.3, 0.4) is 0 Å². The number of aliphatic hydroxyl groups is 1. The van der Waals surface area contributed by atoms with Crippen LogP contribution < -0.4 is 0 Å². The van der Waals surface area contributed by atoms with Crippen LogP contribution in [-0.4, -0.2) is 69.1 Å². The predicted octanol–water partition coefficient (Wildman–Crippen LogP) is 5.10. The molecular weight excluding hydrogens is 467 g/mol. The highest BCUT2D eigenvalue weighted by atomic mass is 19.1. The summed E-state index contributed by atoms with van der Waals surface area (Å²) in [6.07, 6.45) is 3.78. The molecule has 2 N–H and O–H groups in total. The van der Waals surface area contributed by atoms with Crippen molar-refractivity contribution in [1.29, 1.82) is 0 Å². The summed E-state index contributed by atoms with van der Waals surface area (Å²) in [7, 11) is 0. The number of piperidine rings is 1. The Labute approximate surface area is 215 Å². The van der Waals surface area contributed by atoms with E-state index in [4.69, 9.17) is 0 Å². The first kappa shape index (κ1) is 23.8. The average Bonchev–Trinajstić information content (AvgIpc) is 3.54. The van der Waals surface area contributed by atoms with Crippen LogP contribution in [-0.2, 0) is 0 Å². The van der Waals surface area contributed by atoms with Crippen LogP contribution in [0.25, 0.3) is 33.5 Å². The number of halogens is 1. The third-order valence-electron chi connectivity index (χ3n) is 7.67. The van der Waals surface area contributed by atoms with Crippen molar-refractivity contribution in [3.8, 4) is 22.5 Å². The van der Waals surface area contributed by atoms with Crippen molar-refractivity contribution in [1.82, 2.24) is 19.8 Å². The van der Waals surface area contributed by atoms with Crippen LogP contribution in [0.5, 0.6) is 0 Å². The quantitative estimate of drug-likeness (QED) is 0.402. The Kier molecular flexibility index (Phi) is 6.49. The zero-order valence-electron chi connectivity index (χ0n) is 20.7. The number of carbonyl (C=O) groups is 1. The van der Waals surface area contributed by atoms with E-state index in [1.165, 1.54) is 12.1 Å². The van der Waals surface area contributed by atoms with Gasteiger partial charge in [0.25, 0.3) is 5.91 Å². The third-order valence-corrected chi connectivity index (χ3v) is 7.67. The molecule has 0 spiro atoms. The molecular formula is C30H31FN4O2. The fourth-order valence-electron chi connectivity index (χ4n) is 5.64. The number of benzene rings is 3. The molecule has 2 unspecified atom stereocenters. The molecule has 4 aromatic rings. The van der Waals surface area contributed by atoms with Crippen LogP contribution >= 0.6 is 0 Å². The molecule has 0 aliphatic carbocycles. The van der Waals surface area contributed by atoms with Gasteiger partial charge in [-0.1, -0.05) is 36.4 Å². The molecule has 2 saturated heterocycles. The van der Waals surface area contributed by atoms with Crippen molar-refractivity contribution in [3.63, 3.8) is 0 Å². The minimum absolute atomic E-state index is 0.0904. The van der Waals surface area contributed by atoms with Gasteiger partial charge in [-0.05, 0) is 67.1 Å². The zero-order chi connectivity index (χ0) is 25.4. The molecule has 0 radical (unpaired) electrons. The summed E-state index contributed by atoms with van der Waals surface area (Å²) in [5.74, 6) is 0.502. The number of aliphatic hydroxyl groups excluding tert-OH is 1. The van der Waals surface area contributed by atoms with Gasteiger partial charge in [0.15, 0.2) is 0 Å². The van der Waals surface area contributed by atoms with Crippen LogP contribution in [0.4, 0.5) is 4.39 Å². The van der Waals surface area contributed by atoms with E-state index in [0.717, 1.165) is 67.5 Å². The molecule has 190 valence electrons. The summed E-state index contributed by atoms with van der Waals surface area (Å²) < 4.78 is 13.5. The lowest BCUT2D eigenvalue weighted by Crippen LogP contribution is -2.49. The van der Waals surface area contributed by atoms with Crippen molar-refractivity contribution in [2.45, 2.75) is 37.8 Å². The lowest BCUT2D eigenvalue weighted by Gasteiger charge is -2.38. The topological polar surface area (TPSA) is 72.5 Å². The highest BCUT2D eigenvalue weighted by Crippen LogP contribution is 2.27. The van der Waals surface area contributed by atoms with Gasteiger partial charge in [-0.2, -0.15) is 0 Å². The molecule has 6 nitrogen and oxygen atoms in total. The Morgan fingerprint density at radius 2 is 1.68 bits per heavy atom. The number of nitrogens with zero attached hydrogens (tertiary/aromatic N) is 3. The van der Waals surface area contributed by atoms with Crippen molar-refractivity contribution in [2.24, 2.45) is 0 Å². The number of amides is 1. The van der Waals surface area contributed by atoms with Gasteiger partial charge in [0.05, 0.1) is 17.1 Å². The number of β-amino-alcohol motifs (C(OH)–C–C–N with tert-alkyl or cyclic N) is 1. The SMILES string of the molecule is O=C(c1ccc(-c2ccc(-c3nc4ccc(F)cc4[nH]3)cc2)cc1)N1CCCCC1CN1CCC(O)C1. The summed E-state index contributed by atoms with van der Waals surface area (Å²) in [5, 5.41) is 9.88. The molecule has 0 saturated carbocycles. The van der Waals surface area contributed by atoms with Gasteiger partial charge in [0.2, 0.25) is 0 Å². The Balaban J connectivity index is 1.15. The molecule has 37 heavy (non-hydrogen) atoms. The van der Waals surface area contributed by atoms with E-state index in [1.54, 1.807) is 6.07 Å². The lowest BCUT2D eigenvalue weighted by molar-refractivity contribution is 0.0552. The summed E-state index contributed by atoms with van der Waals surface area (Å²) in [4.78, 5) is 25.5. The first-order chi connectivity index (χ1) is 18.0. The Morgan fingerprint density at radius 3 is 2.41 bits per heavy atom. The third kappa shape index (κ3) is 5.02. The molecule has 6 rings (SSSR count). The second-order valence-electron chi connectivity index (χ2n) is 10.3. The molecule has 3 heterocycles. The molecule has 1 amide bonds. The number of rotatable bonds is 5. The maximum atomic E-state index is 13.5. The number of nitrogens with one attached hydrogen (secondary N) is 1. The van der Waals surface area contributed by atoms with E-state index in [9.17, 15) is 14.3 Å². The van der Waals surface area contributed by atoms with Gasteiger partial charge in [0.1, 0.15) is 11.6 Å². The minimum Gasteiger partial charge on any atom is -0.392 e. The Bertz CT molecular complexity index is 1400. The van der Waals surface area contributed by atoms with Gasteiger partial charge >= 0.3 is 0 Å². The smallest absolute Gasteiger partial charge is 0.254 e. The second-order valence-corrected chi connectivity index (χ2v) is 10.3. The Morgan fingerprint density at radius 1 is 0.946 bits per heavy atom. The molecule has 2 fully saturated rings. The molecule has 2 aliphatic rings. The number of hydrogen-bond acceptors (Lipinski definition) is 4. The normalized spacial score (nSPS) is 20.5. The number of aromatic nitrogens is 2. The summed E-state index contributed by atoms with van der Waals surface area (Å²) in [6.45, 7) is 3.24. The average molecular weight is 499 g/mol. The molecule has 1 aromatic heterocycles. The van der Waals surface area contributed by atoms with Crippen LogP contribution in [0, 0.1) is 5.82 Å². The monoisotopic (exact) mass is 498 g/mol. The summed E-state index contributed by atoms with van der Waals surface area (Å²) >= 11 is 0. The predicted molar refractivity (Wildman–Crippen MR) is 143 cm³/mol. The van der Waals surface area contributed by atoms with Crippen LogP contribution in [0.1, 0.15) is 36.0 Å². The number of imidazole rings is 1. The second kappa shape index (κ2) is 10.1. The van der Waals surface area contributed by atoms with E-state index in [1.807, 2.05) is 53.4 Å². The highest BCUT2D eigenvalue weighted by molar-refractivity contribution is 5.95. The first-order valence-corrected chi connectivity index (χ1v) is 13.1. The maximum absolute atomic E-state index is 13.5. The van der Waals surface area contributed by atoms with E-state index < -0.39 is 0 Å². The van der Waals surface area contributed by atoms with E-state index >= 15 is 0 Å². The maximum Gasteiger partial charge on any atom is 0.254 e. The van der Waals surface area contributed by atoms with Crippen molar-refractivity contribution in [2.75, 3.05) is 26.2 Å². The first-order valence-electron chi connectivity index (χ1n) is 13.1. The number of fused-ring (bicyclic) bond motifs is 1. The van der Waals surface area contributed by atoms with Crippen molar-refractivity contribution < 1.29 is 14.3 Å². The molecule has 2 aliphatic heterocycles. The Hall–Kier alpha value is -3.55. The van der Waals surface area contributed by atoms with Gasteiger partial charge < -0.3 is 15.0 Å². The van der Waals surface area contributed by atoms with Crippen molar-refractivity contribution in [3.05, 3.63) is 78.1 Å². The number of carbonyl (C=O) groups excluding carboxylic acids is 1. The lowest BCUT2D eigenvalue weighted by atomic mass is 9.99. The number of aromatic amines is 1. The minimum atomic E-state index is -0.290. The molecule has 7 heteroatoms. The number of H-pyrrole nitrogens is 1. The van der Waals surface area contributed by atoms with E-state index in [0.29, 0.717) is 23.4 Å². The van der Waals surface area contributed by atoms with Crippen molar-refractivity contribution >= 4 is 16.9 Å². The standard InChI is InChI=1S/C30H31FN4O2/c31-24-12-13-27-28(17-24)33-29(32-27)22-8-4-20(5-9-22)21-6-10-23(11-7-21)30(37)35-15-2-1-3-25(35)18-34-16-14-26(36)19-34/h4-13,17,25-26,36H,1-3,14-16,18-19H2,(H,32,33). The fourth-order valence-corrected chi connectivity index (χ4v) is 5.64. The van der Waals surface area contributed by atoms with Gasteiger partial charge in [-0.25, -0.2) is 9.37 Å². The van der Waals surface area contributed by atoms with Crippen LogP contribution in [0.15, 0.2) is 66.7 Å². The molecule has 2 atom stereocenters. The largest absolute Gasteiger partial charge is 0.392 e. The molecule has 0 bridgehead atoms.